The summed E-state index contributed by atoms with van der Waals surface area (Å²) in [6.45, 7) is 27.9. The van der Waals surface area contributed by atoms with Gasteiger partial charge in [-0.15, -0.1) is 113 Å². The second-order valence-electron chi connectivity index (χ2n) is 33.6. The third-order valence-electron chi connectivity index (χ3n) is 24.0. The Bertz CT molecular complexity index is 4050. The number of unbranched alkanes of at least 4 members (excludes halogenated alkanes) is 26. The van der Waals surface area contributed by atoms with Crippen molar-refractivity contribution >= 4 is 134 Å². The molecule has 0 saturated heterocycles. The maximum Gasteiger partial charge on any atom is 0.0477 e. The maximum atomic E-state index is 2.56. The van der Waals surface area contributed by atoms with Crippen LogP contribution in [0.4, 0.5) is 0 Å². The van der Waals surface area contributed by atoms with Crippen LogP contribution < -0.4 is 0 Å². The van der Waals surface area contributed by atoms with Crippen LogP contribution in [0.3, 0.4) is 0 Å². The van der Waals surface area contributed by atoms with Gasteiger partial charge >= 0.3 is 0 Å². The summed E-state index contributed by atoms with van der Waals surface area (Å²) >= 11 is 20.2. The fourth-order valence-electron chi connectivity index (χ4n) is 17.3. The largest absolute Gasteiger partial charge is 0.140 e. The standard InChI is InChI=1S/C58H94S4.C44H50S6/c1-7-11-15-19-23-25-29-33-37-49(35-31-27-21-17-13-9-3)45-51-43-47(5)59-57(51)55-41-39-53(61-55)54-40-42-56(62-54)58-52(44-48(6)60-58)46-50(36-32-28-22-18-14-10-4)38-34-30-26-24-20-16-12-8-2;1-7-11-13-29(9-3)23-31-17-21-37(47-31)41-33-25-39(35-19-15-27(5)45-35)50-44(33)42(34-26-40(49-43(34)41)36-20-16-28(6)46-36)38-22-18-32(48-38)24-30(10-4)14-12-8-2/h39-44,49-50H,7-38,45-46H2,1-6H3;15-22,25-26,29-30H,7-14,23-24H2,1-6H3. The Labute approximate surface area is 723 Å². The highest BCUT2D eigenvalue weighted by Gasteiger charge is 2.27. The van der Waals surface area contributed by atoms with Crippen LogP contribution in [-0.4, -0.2) is 0 Å². The summed E-state index contributed by atoms with van der Waals surface area (Å²) in [6.07, 6.45) is 60.6. The van der Waals surface area contributed by atoms with Gasteiger partial charge in [0, 0.05) is 119 Å². The van der Waals surface area contributed by atoms with Gasteiger partial charge in [0.25, 0.3) is 0 Å². The van der Waals surface area contributed by atoms with Gasteiger partial charge in [-0.3, -0.25) is 0 Å². The van der Waals surface area contributed by atoms with Crippen LogP contribution in [-0.2, 0) is 25.7 Å². The fraction of sp³-hybridized carbons (Fsp3) is 0.588. The molecule has 0 radical (unpaired) electrons. The van der Waals surface area contributed by atoms with E-state index < -0.39 is 0 Å². The number of benzene rings is 1. The normalized spacial score (nSPS) is 13.0. The highest BCUT2D eigenvalue weighted by atomic mass is 32.1. The smallest absolute Gasteiger partial charge is 0.0477 e. The molecule has 0 nitrogen and oxygen atoms in total. The molecule has 10 heterocycles. The predicted molar refractivity (Wildman–Crippen MR) is 523 cm³/mol. The number of hydrogen-bond acceptors (Lipinski definition) is 10. The number of thiophene rings is 10. The Kier molecular flexibility index (Phi) is 40.6. The summed E-state index contributed by atoms with van der Waals surface area (Å²) in [6, 6.07) is 39.0. The molecule has 112 heavy (non-hydrogen) atoms. The van der Waals surface area contributed by atoms with Crippen molar-refractivity contribution in [2.45, 2.75) is 366 Å². The van der Waals surface area contributed by atoms with Crippen molar-refractivity contribution in [2.24, 2.45) is 23.7 Å². The molecule has 0 amide bonds. The van der Waals surface area contributed by atoms with Crippen molar-refractivity contribution in [1.82, 2.24) is 0 Å². The van der Waals surface area contributed by atoms with Crippen molar-refractivity contribution in [1.29, 1.82) is 0 Å². The Morgan fingerprint density at radius 2 is 0.518 bits per heavy atom. The summed E-state index contributed by atoms with van der Waals surface area (Å²) < 4.78 is 2.91. The first-order valence-electron chi connectivity index (χ1n) is 45.6. The molecule has 0 bridgehead atoms. The van der Waals surface area contributed by atoms with E-state index in [1.807, 2.05) is 90.7 Å². The molecular weight excluding hydrogens is 1550 g/mol. The van der Waals surface area contributed by atoms with Gasteiger partial charge in [-0.05, 0) is 185 Å². The summed E-state index contributed by atoms with van der Waals surface area (Å²) in [4.78, 5) is 26.2. The molecule has 0 N–H and O–H groups in total. The molecule has 10 aromatic heterocycles. The zero-order chi connectivity index (χ0) is 78.8. The van der Waals surface area contributed by atoms with Crippen molar-refractivity contribution in [3.63, 3.8) is 0 Å². The van der Waals surface area contributed by atoms with Gasteiger partial charge in [0.1, 0.15) is 0 Å². The van der Waals surface area contributed by atoms with Crippen LogP contribution in [0.25, 0.3) is 89.8 Å². The van der Waals surface area contributed by atoms with E-state index in [4.69, 9.17) is 0 Å². The zero-order valence-electron chi connectivity index (χ0n) is 71.7. The Morgan fingerprint density at radius 1 is 0.223 bits per heavy atom. The quantitative estimate of drug-likeness (QED) is 0.0333. The minimum atomic E-state index is 0.774. The van der Waals surface area contributed by atoms with E-state index >= 15 is 0 Å². The van der Waals surface area contributed by atoms with E-state index in [2.05, 4.69) is 203 Å². The average Bonchev–Trinajstić information content (AvgIpc) is 1.55. The monoisotopic (exact) mass is 1690 g/mol. The van der Waals surface area contributed by atoms with Gasteiger partial charge in [0.05, 0.1) is 0 Å². The van der Waals surface area contributed by atoms with Crippen LogP contribution in [0, 0.1) is 51.4 Å². The van der Waals surface area contributed by atoms with E-state index in [-0.39, 0.29) is 0 Å². The molecule has 0 aliphatic heterocycles. The Hall–Kier alpha value is -3.26. The minimum Gasteiger partial charge on any atom is -0.140 e. The second kappa shape index (κ2) is 50.0. The fourth-order valence-corrected chi connectivity index (χ4v) is 28.6. The summed E-state index contributed by atoms with van der Waals surface area (Å²) in [7, 11) is 0. The number of aryl methyl sites for hydroxylation is 4. The van der Waals surface area contributed by atoms with Gasteiger partial charge in [-0.1, -0.05) is 312 Å². The van der Waals surface area contributed by atoms with Crippen molar-refractivity contribution < 1.29 is 0 Å². The SMILES string of the molecule is CCCCC(CC)Cc1ccc(-c2c3cc(-c4ccc(C)s4)sc3c(-c3ccc(CC(CC)CCCC)s3)c3cc(-c4ccc(C)s4)sc23)s1.CCCCCCCCCCC(CCCCCCCC)Cc1cc(C)sc1-c1ccc(-c2ccc(-c3sc(C)cc3CC(CCCCCCCC)CCCCCCCCCC)s2)s1. The van der Waals surface area contributed by atoms with Crippen LogP contribution in [0.1, 0.15) is 353 Å². The first-order valence-corrected chi connectivity index (χ1v) is 53.7. The molecule has 4 atom stereocenters. The molecule has 11 aromatic rings. The van der Waals surface area contributed by atoms with Crippen molar-refractivity contribution in [2.75, 3.05) is 0 Å². The molecular formula is C102H144S10. The maximum absolute atomic E-state index is 2.56. The molecule has 0 saturated carbocycles. The van der Waals surface area contributed by atoms with Crippen LogP contribution in [0.5, 0.6) is 0 Å². The van der Waals surface area contributed by atoms with Crippen LogP contribution in [0.2, 0.25) is 0 Å². The third-order valence-corrected chi connectivity index (χ3v) is 35.8. The highest BCUT2D eigenvalue weighted by molar-refractivity contribution is 7.30. The second-order valence-corrected chi connectivity index (χ2v) is 45.3. The van der Waals surface area contributed by atoms with Gasteiger partial charge in [-0.25, -0.2) is 0 Å². The summed E-state index contributed by atoms with van der Waals surface area (Å²) in [5.74, 6) is 3.19. The lowest BCUT2D eigenvalue weighted by molar-refractivity contribution is 0.401. The van der Waals surface area contributed by atoms with Gasteiger partial charge in [-0.2, -0.15) is 0 Å². The lowest BCUT2D eigenvalue weighted by atomic mass is 9.88. The molecule has 0 aliphatic rings. The molecule has 10 heteroatoms. The lowest BCUT2D eigenvalue weighted by Gasteiger charge is -2.17. The molecule has 1 aromatic carbocycles. The number of rotatable bonds is 55. The zero-order valence-corrected chi connectivity index (χ0v) is 79.9. The number of hydrogen-bond donors (Lipinski definition) is 0. The van der Waals surface area contributed by atoms with E-state index in [0.29, 0.717) is 0 Å². The average molecular weight is 1690 g/mol. The molecule has 0 aliphatic carbocycles. The topological polar surface area (TPSA) is 0 Å². The summed E-state index contributed by atoms with van der Waals surface area (Å²) in [5, 5.41) is 2.87. The molecule has 0 fully saturated rings. The van der Waals surface area contributed by atoms with Crippen LogP contribution >= 0.6 is 113 Å². The van der Waals surface area contributed by atoms with Gasteiger partial charge in [0.2, 0.25) is 0 Å². The highest BCUT2D eigenvalue weighted by Crippen LogP contribution is 2.56. The third kappa shape index (κ3) is 27.9. The predicted octanol–water partition coefficient (Wildman–Crippen LogP) is 39.6. The Morgan fingerprint density at radius 3 is 0.839 bits per heavy atom. The summed E-state index contributed by atoms with van der Waals surface area (Å²) in [5.41, 5.74) is 6.17. The van der Waals surface area contributed by atoms with Gasteiger partial charge in [0.15, 0.2) is 0 Å². The first kappa shape index (κ1) is 91.1. The molecule has 0 spiro atoms. The lowest BCUT2D eigenvalue weighted by Crippen LogP contribution is -2.05. The van der Waals surface area contributed by atoms with Gasteiger partial charge < -0.3 is 0 Å². The van der Waals surface area contributed by atoms with E-state index in [1.165, 1.54) is 382 Å². The molecule has 4 unspecified atom stereocenters. The first-order chi connectivity index (χ1) is 54.8. The number of fused-ring (bicyclic) bond motifs is 2. The van der Waals surface area contributed by atoms with E-state index in [9.17, 15) is 0 Å². The van der Waals surface area contributed by atoms with E-state index in [0.717, 1.165) is 23.7 Å². The molecule has 612 valence electrons. The van der Waals surface area contributed by atoms with E-state index in [1.54, 1.807) is 30.6 Å². The van der Waals surface area contributed by atoms with Crippen LogP contribution in [0.15, 0.2) is 97.1 Å². The Balaban J connectivity index is 0.000000242. The van der Waals surface area contributed by atoms with Crippen molar-refractivity contribution in [3.8, 4) is 69.7 Å². The molecule has 11 rings (SSSR count). The minimum absolute atomic E-state index is 0.774. The van der Waals surface area contributed by atoms with Crippen molar-refractivity contribution in [3.05, 3.63) is 137 Å².